The van der Waals surface area contributed by atoms with E-state index in [1.165, 1.54) is 6.07 Å². The first kappa shape index (κ1) is 20.6. The van der Waals surface area contributed by atoms with Crippen LogP contribution in [0.15, 0.2) is 12.1 Å². The van der Waals surface area contributed by atoms with Crippen molar-refractivity contribution in [2.45, 2.75) is 27.7 Å². The van der Waals surface area contributed by atoms with Crippen molar-refractivity contribution in [3.05, 3.63) is 56.6 Å². The van der Waals surface area contributed by atoms with Gasteiger partial charge in [0.2, 0.25) is 0 Å². The Balaban J connectivity index is 3.30. The Bertz CT molecular complexity index is 1010. The lowest BCUT2D eigenvalue weighted by molar-refractivity contribution is 0.0636. The second-order valence-electron chi connectivity index (χ2n) is 6.40. The molecule has 28 heavy (non-hydrogen) atoms. The molecule has 0 aromatic heterocycles. The van der Waals surface area contributed by atoms with Crippen molar-refractivity contribution < 1.29 is 39.6 Å². The molecular weight excluding hydrogens is 368 g/mol. The average molecular weight is 386 g/mol. The predicted molar refractivity (Wildman–Crippen MR) is 98.7 cm³/mol. The first-order valence-corrected chi connectivity index (χ1v) is 8.12. The minimum atomic E-state index is -1.66. The van der Waals surface area contributed by atoms with Crippen LogP contribution in [0.4, 0.5) is 0 Å². The van der Waals surface area contributed by atoms with Crippen LogP contribution in [0, 0.1) is 27.7 Å². The summed E-state index contributed by atoms with van der Waals surface area (Å²) in [6.45, 7) is 6.28. The number of carboxylic acids is 4. The Kier molecular flexibility index (Phi) is 5.27. The van der Waals surface area contributed by atoms with E-state index in [0.717, 1.165) is 18.1 Å². The second-order valence-corrected chi connectivity index (χ2v) is 6.40. The third-order valence-electron chi connectivity index (χ3n) is 4.93. The summed E-state index contributed by atoms with van der Waals surface area (Å²) in [6, 6.07) is 3.11. The molecule has 2 aromatic carbocycles. The normalized spacial score (nSPS) is 10.6. The van der Waals surface area contributed by atoms with Crippen molar-refractivity contribution in [3.8, 4) is 11.1 Å². The van der Waals surface area contributed by atoms with Gasteiger partial charge in [-0.15, -0.1) is 0 Å². The fourth-order valence-corrected chi connectivity index (χ4v) is 3.33. The monoisotopic (exact) mass is 386 g/mol. The Labute approximate surface area is 159 Å². The zero-order valence-corrected chi connectivity index (χ0v) is 15.6. The highest BCUT2D eigenvalue weighted by Gasteiger charge is 2.35. The summed E-state index contributed by atoms with van der Waals surface area (Å²) in [4.78, 5) is 47.6. The number of hydrogen-bond donors (Lipinski definition) is 4. The first-order valence-electron chi connectivity index (χ1n) is 8.12. The summed E-state index contributed by atoms with van der Waals surface area (Å²) in [5.74, 6) is -6.63. The number of carboxylic acid groups (broad SMARTS) is 4. The average Bonchev–Trinajstić information content (AvgIpc) is 2.58. The van der Waals surface area contributed by atoms with Crippen molar-refractivity contribution in [1.29, 1.82) is 0 Å². The van der Waals surface area contributed by atoms with Gasteiger partial charge in [-0.25, -0.2) is 19.2 Å². The van der Waals surface area contributed by atoms with Gasteiger partial charge >= 0.3 is 23.9 Å². The summed E-state index contributed by atoms with van der Waals surface area (Å²) < 4.78 is 0. The van der Waals surface area contributed by atoms with Crippen LogP contribution in [-0.4, -0.2) is 44.3 Å². The van der Waals surface area contributed by atoms with Gasteiger partial charge in [-0.1, -0.05) is 12.1 Å². The van der Waals surface area contributed by atoms with Crippen LogP contribution in [0.3, 0.4) is 0 Å². The van der Waals surface area contributed by atoms with E-state index < -0.39 is 57.3 Å². The third kappa shape index (κ3) is 3.09. The van der Waals surface area contributed by atoms with Crippen molar-refractivity contribution in [3.63, 3.8) is 0 Å². The Hall–Kier alpha value is -3.68. The number of hydrogen-bond acceptors (Lipinski definition) is 4. The smallest absolute Gasteiger partial charge is 0.337 e. The second kappa shape index (κ2) is 7.15. The van der Waals surface area contributed by atoms with Gasteiger partial charge in [0, 0.05) is 5.56 Å². The standard InChI is InChI=1S/C20H18O8/c1-7-5-6-11(9(3)8(7)2)14-15(19(25)26)12(17(21)22)10(4)13(18(23)24)16(14)20(27)28/h5-6H,1-4H3,(H,21,22)(H,23,24)(H,25,26)(H,27,28). The molecule has 0 saturated carbocycles. The molecule has 4 N–H and O–H groups in total. The van der Waals surface area contributed by atoms with Gasteiger partial charge in [0.15, 0.2) is 0 Å². The van der Waals surface area contributed by atoms with Crippen LogP contribution >= 0.6 is 0 Å². The first-order chi connectivity index (χ1) is 12.9. The summed E-state index contributed by atoms with van der Waals surface area (Å²) in [5.41, 5.74) is -1.56. The SMILES string of the molecule is Cc1ccc(-c2c(C(=O)O)c(C(=O)O)c(C)c(C(=O)O)c2C(=O)O)c(C)c1C. The van der Waals surface area contributed by atoms with Crippen LogP contribution in [0.2, 0.25) is 0 Å². The molecule has 2 rings (SSSR count). The lowest BCUT2D eigenvalue weighted by Gasteiger charge is -2.21. The topological polar surface area (TPSA) is 149 Å². The third-order valence-corrected chi connectivity index (χ3v) is 4.93. The highest BCUT2D eigenvalue weighted by atomic mass is 16.4. The number of rotatable bonds is 5. The molecule has 0 bridgehead atoms. The van der Waals surface area contributed by atoms with Crippen LogP contribution in [0.5, 0.6) is 0 Å². The van der Waals surface area contributed by atoms with Crippen molar-refractivity contribution >= 4 is 23.9 Å². The molecule has 8 heteroatoms. The molecule has 0 unspecified atom stereocenters. The molecule has 0 aliphatic heterocycles. The van der Waals surface area contributed by atoms with E-state index >= 15 is 0 Å². The fraction of sp³-hybridized carbons (Fsp3) is 0.200. The minimum absolute atomic E-state index is 0.155. The molecule has 0 aliphatic carbocycles. The number of aryl methyl sites for hydroxylation is 1. The van der Waals surface area contributed by atoms with Crippen molar-refractivity contribution in [1.82, 2.24) is 0 Å². The van der Waals surface area contributed by atoms with Crippen LogP contribution in [-0.2, 0) is 0 Å². The van der Waals surface area contributed by atoms with E-state index in [1.54, 1.807) is 19.9 Å². The van der Waals surface area contributed by atoms with E-state index in [1.807, 2.05) is 6.92 Å². The van der Waals surface area contributed by atoms with E-state index in [9.17, 15) is 39.6 Å². The lowest BCUT2D eigenvalue weighted by atomic mass is 9.81. The predicted octanol–water partition coefficient (Wildman–Crippen LogP) is 3.38. The number of benzene rings is 2. The van der Waals surface area contributed by atoms with Gasteiger partial charge < -0.3 is 20.4 Å². The molecule has 0 heterocycles. The Morgan fingerprint density at radius 3 is 1.32 bits per heavy atom. The van der Waals surface area contributed by atoms with E-state index in [-0.39, 0.29) is 5.56 Å². The fourth-order valence-electron chi connectivity index (χ4n) is 3.33. The number of aromatic carboxylic acids is 4. The summed E-state index contributed by atoms with van der Waals surface area (Å²) in [7, 11) is 0. The molecule has 2 aromatic rings. The van der Waals surface area contributed by atoms with Gasteiger partial charge in [-0.05, 0) is 55.5 Å². The zero-order chi connectivity index (χ0) is 21.5. The van der Waals surface area contributed by atoms with Gasteiger partial charge in [0.1, 0.15) is 0 Å². The maximum absolute atomic E-state index is 12.0. The Morgan fingerprint density at radius 1 is 0.571 bits per heavy atom. The largest absolute Gasteiger partial charge is 0.478 e. The van der Waals surface area contributed by atoms with Gasteiger partial charge in [0.05, 0.1) is 22.3 Å². The van der Waals surface area contributed by atoms with E-state index in [4.69, 9.17) is 0 Å². The molecule has 0 spiro atoms. The molecular formula is C20H18O8. The maximum Gasteiger partial charge on any atom is 0.337 e. The lowest BCUT2D eigenvalue weighted by Crippen LogP contribution is -2.21. The maximum atomic E-state index is 12.0. The quantitative estimate of drug-likeness (QED) is 0.611. The minimum Gasteiger partial charge on any atom is -0.478 e. The van der Waals surface area contributed by atoms with Gasteiger partial charge in [0.25, 0.3) is 0 Å². The molecule has 0 saturated heterocycles. The highest BCUT2D eigenvalue weighted by molar-refractivity contribution is 6.17. The van der Waals surface area contributed by atoms with Gasteiger partial charge in [-0.3, -0.25) is 0 Å². The summed E-state index contributed by atoms with van der Waals surface area (Å²) in [5, 5.41) is 38.6. The molecule has 0 fully saturated rings. The van der Waals surface area contributed by atoms with Crippen molar-refractivity contribution in [2.24, 2.45) is 0 Å². The van der Waals surface area contributed by atoms with Crippen LogP contribution in [0.1, 0.15) is 63.7 Å². The van der Waals surface area contributed by atoms with E-state index in [2.05, 4.69) is 0 Å². The zero-order valence-electron chi connectivity index (χ0n) is 15.6. The van der Waals surface area contributed by atoms with E-state index in [0.29, 0.717) is 5.56 Å². The summed E-state index contributed by atoms with van der Waals surface area (Å²) >= 11 is 0. The van der Waals surface area contributed by atoms with Crippen LogP contribution < -0.4 is 0 Å². The molecule has 0 radical (unpaired) electrons. The molecule has 8 nitrogen and oxygen atoms in total. The van der Waals surface area contributed by atoms with Crippen LogP contribution in [0.25, 0.3) is 11.1 Å². The van der Waals surface area contributed by atoms with Crippen molar-refractivity contribution in [2.75, 3.05) is 0 Å². The Morgan fingerprint density at radius 2 is 0.964 bits per heavy atom. The molecule has 0 aliphatic rings. The number of carbonyl (C=O) groups is 4. The van der Waals surface area contributed by atoms with Gasteiger partial charge in [-0.2, -0.15) is 0 Å². The highest BCUT2D eigenvalue weighted by Crippen LogP contribution is 2.38. The summed E-state index contributed by atoms with van der Waals surface area (Å²) in [6.07, 6.45) is 0. The molecule has 146 valence electrons. The molecule has 0 amide bonds. The molecule has 0 atom stereocenters.